The van der Waals surface area contributed by atoms with Crippen LogP contribution in [-0.4, -0.2) is 19.7 Å². The van der Waals surface area contributed by atoms with Gasteiger partial charge in [-0.2, -0.15) is 0 Å². The quantitative estimate of drug-likeness (QED) is 0.875. The largest absolute Gasteiger partial charge is 0.492 e. The van der Waals surface area contributed by atoms with Crippen LogP contribution in [0.1, 0.15) is 5.56 Å². The van der Waals surface area contributed by atoms with Crippen LogP contribution in [0.5, 0.6) is 5.75 Å². The van der Waals surface area contributed by atoms with Crippen molar-refractivity contribution >= 4 is 11.6 Å². The molecule has 1 N–H and O–H groups in total. The summed E-state index contributed by atoms with van der Waals surface area (Å²) in [5.41, 5.74) is 0.716. The molecule has 2 aromatic carbocycles. The van der Waals surface area contributed by atoms with E-state index in [1.807, 2.05) is 0 Å². The van der Waals surface area contributed by atoms with E-state index in [1.54, 1.807) is 37.4 Å². The van der Waals surface area contributed by atoms with Gasteiger partial charge in [0.1, 0.15) is 12.4 Å². The van der Waals surface area contributed by atoms with Gasteiger partial charge in [0.05, 0.1) is 0 Å². The lowest BCUT2D eigenvalue weighted by molar-refractivity contribution is 0.269. The number of hydrogen-bond acceptors (Lipinski definition) is 2. The first-order valence-electron chi connectivity index (χ1n) is 6.58. The SMILES string of the molecule is CNC(COc1ccc(Cl)cc1)Cc1ccc(F)c(F)c1. The molecule has 2 nitrogen and oxygen atoms in total. The minimum absolute atomic E-state index is 0.00876. The number of benzene rings is 2. The van der Waals surface area contributed by atoms with E-state index in [2.05, 4.69) is 5.32 Å². The van der Waals surface area contributed by atoms with Crippen LogP contribution in [0.4, 0.5) is 8.78 Å². The van der Waals surface area contributed by atoms with E-state index in [4.69, 9.17) is 16.3 Å². The molecule has 2 rings (SSSR count). The highest BCUT2D eigenvalue weighted by molar-refractivity contribution is 6.30. The summed E-state index contributed by atoms with van der Waals surface area (Å²) in [7, 11) is 1.80. The van der Waals surface area contributed by atoms with Crippen molar-refractivity contribution in [1.82, 2.24) is 5.32 Å². The molecule has 0 radical (unpaired) electrons. The second-order valence-corrected chi connectivity index (χ2v) is 5.14. The van der Waals surface area contributed by atoms with E-state index in [0.29, 0.717) is 29.4 Å². The van der Waals surface area contributed by atoms with Crippen molar-refractivity contribution in [3.05, 3.63) is 64.7 Å². The van der Waals surface area contributed by atoms with Crippen molar-refractivity contribution < 1.29 is 13.5 Å². The van der Waals surface area contributed by atoms with Crippen molar-refractivity contribution in [3.63, 3.8) is 0 Å². The molecule has 0 heterocycles. The van der Waals surface area contributed by atoms with E-state index in [0.717, 1.165) is 6.07 Å². The number of hydrogen-bond donors (Lipinski definition) is 1. The first-order chi connectivity index (χ1) is 10.1. The molecule has 0 amide bonds. The lowest BCUT2D eigenvalue weighted by Gasteiger charge is -2.17. The number of ether oxygens (including phenoxy) is 1. The standard InChI is InChI=1S/C16H16ClF2NO/c1-20-13(8-11-2-7-15(18)16(19)9-11)10-21-14-5-3-12(17)4-6-14/h2-7,9,13,20H,8,10H2,1H3. The molecule has 0 bridgehead atoms. The number of likely N-dealkylation sites (N-methyl/N-ethyl adjacent to an activating group) is 1. The van der Waals surface area contributed by atoms with Gasteiger partial charge in [-0.05, 0) is 55.4 Å². The van der Waals surface area contributed by atoms with Crippen LogP contribution in [0.2, 0.25) is 5.02 Å². The fraction of sp³-hybridized carbons (Fsp3) is 0.250. The summed E-state index contributed by atoms with van der Waals surface area (Å²) in [6.07, 6.45) is 0.543. The van der Waals surface area contributed by atoms with Crippen LogP contribution in [-0.2, 0) is 6.42 Å². The predicted octanol–water partition coefficient (Wildman–Crippen LogP) is 3.83. The van der Waals surface area contributed by atoms with Crippen LogP contribution in [0.3, 0.4) is 0 Å². The van der Waals surface area contributed by atoms with Gasteiger partial charge in [-0.15, -0.1) is 0 Å². The lowest BCUT2D eigenvalue weighted by Crippen LogP contribution is -2.33. The van der Waals surface area contributed by atoms with Gasteiger partial charge in [-0.3, -0.25) is 0 Å². The van der Waals surface area contributed by atoms with E-state index in [1.165, 1.54) is 6.07 Å². The van der Waals surface area contributed by atoms with Crippen molar-refractivity contribution in [1.29, 1.82) is 0 Å². The summed E-state index contributed by atoms with van der Waals surface area (Å²) in [4.78, 5) is 0. The van der Waals surface area contributed by atoms with Gasteiger partial charge in [0, 0.05) is 11.1 Å². The maximum absolute atomic E-state index is 13.2. The number of halogens is 3. The van der Waals surface area contributed by atoms with E-state index < -0.39 is 11.6 Å². The topological polar surface area (TPSA) is 21.3 Å². The summed E-state index contributed by atoms with van der Waals surface area (Å²) in [5.74, 6) is -0.955. The van der Waals surface area contributed by atoms with Crippen molar-refractivity contribution in [3.8, 4) is 5.75 Å². The van der Waals surface area contributed by atoms with Crippen molar-refractivity contribution in [2.45, 2.75) is 12.5 Å². The van der Waals surface area contributed by atoms with E-state index in [-0.39, 0.29) is 6.04 Å². The Morgan fingerprint density at radius 3 is 2.43 bits per heavy atom. The molecule has 0 saturated heterocycles. The van der Waals surface area contributed by atoms with Crippen LogP contribution in [0.25, 0.3) is 0 Å². The third-order valence-corrected chi connectivity index (χ3v) is 3.39. The fourth-order valence-corrected chi connectivity index (χ4v) is 2.05. The third-order valence-electron chi connectivity index (χ3n) is 3.14. The smallest absolute Gasteiger partial charge is 0.159 e. The molecular weight excluding hydrogens is 296 g/mol. The number of nitrogens with one attached hydrogen (secondary N) is 1. The molecule has 0 aromatic heterocycles. The highest BCUT2D eigenvalue weighted by Gasteiger charge is 2.10. The Morgan fingerprint density at radius 1 is 1.10 bits per heavy atom. The molecular formula is C16H16ClF2NO. The summed E-state index contributed by atoms with van der Waals surface area (Å²) < 4.78 is 31.7. The molecule has 5 heteroatoms. The lowest BCUT2D eigenvalue weighted by atomic mass is 10.1. The Kier molecular flexibility index (Phi) is 5.53. The summed E-state index contributed by atoms with van der Waals surface area (Å²) in [5, 5.41) is 3.75. The van der Waals surface area contributed by atoms with Crippen LogP contribution in [0.15, 0.2) is 42.5 Å². The Morgan fingerprint density at radius 2 is 1.81 bits per heavy atom. The summed E-state index contributed by atoms with van der Waals surface area (Å²) in [6, 6.07) is 11.0. The van der Waals surface area contributed by atoms with E-state index in [9.17, 15) is 8.78 Å². The molecule has 1 unspecified atom stereocenters. The molecule has 2 aromatic rings. The van der Waals surface area contributed by atoms with Gasteiger partial charge in [-0.25, -0.2) is 8.78 Å². The number of rotatable bonds is 6. The van der Waals surface area contributed by atoms with E-state index >= 15 is 0 Å². The van der Waals surface area contributed by atoms with Gasteiger partial charge < -0.3 is 10.1 Å². The average Bonchev–Trinajstić information content (AvgIpc) is 2.49. The highest BCUT2D eigenvalue weighted by Crippen LogP contribution is 2.16. The Balaban J connectivity index is 1.93. The molecule has 1 atom stereocenters. The molecule has 21 heavy (non-hydrogen) atoms. The first-order valence-corrected chi connectivity index (χ1v) is 6.96. The van der Waals surface area contributed by atoms with Gasteiger partial charge >= 0.3 is 0 Å². The predicted molar refractivity (Wildman–Crippen MR) is 79.9 cm³/mol. The molecule has 0 saturated carbocycles. The Labute approximate surface area is 127 Å². The molecule has 0 aliphatic carbocycles. The summed E-state index contributed by atoms with van der Waals surface area (Å²) in [6.45, 7) is 0.414. The summed E-state index contributed by atoms with van der Waals surface area (Å²) >= 11 is 5.80. The maximum atomic E-state index is 13.2. The average molecular weight is 312 g/mol. The van der Waals surface area contributed by atoms with Crippen LogP contribution >= 0.6 is 11.6 Å². The molecule has 0 aliphatic rings. The Hall–Kier alpha value is -1.65. The maximum Gasteiger partial charge on any atom is 0.159 e. The van der Waals surface area contributed by atoms with Crippen molar-refractivity contribution in [2.24, 2.45) is 0 Å². The minimum atomic E-state index is -0.836. The van der Waals surface area contributed by atoms with Gasteiger partial charge in [0.15, 0.2) is 11.6 Å². The third kappa shape index (κ3) is 4.69. The zero-order valence-corrected chi connectivity index (χ0v) is 12.3. The van der Waals surface area contributed by atoms with Gasteiger partial charge in [-0.1, -0.05) is 17.7 Å². The first kappa shape index (κ1) is 15.7. The second-order valence-electron chi connectivity index (χ2n) is 4.70. The molecule has 112 valence electrons. The monoisotopic (exact) mass is 311 g/mol. The van der Waals surface area contributed by atoms with Crippen molar-refractivity contribution in [2.75, 3.05) is 13.7 Å². The zero-order chi connectivity index (χ0) is 15.2. The van der Waals surface area contributed by atoms with Gasteiger partial charge in [0.25, 0.3) is 0 Å². The molecule has 0 aliphatic heterocycles. The normalized spacial score (nSPS) is 12.2. The molecule has 0 fully saturated rings. The fourth-order valence-electron chi connectivity index (χ4n) is 1.92. The highest BCUT2D eigenvalue weighted by atomic mass is 35.5. The Bertz CT molecular complexity index is 589. The van der Waals surface area contributed by atoms with Crippen LogP contribution in [0, 0.1) is 11.6 Å². The van der Waals surface area contributed by atoms with Gasteiger partial charge in [0.2, 0.25) is 0 Å². The minimum Gasteiger partial charge on any atom is -0.492 e. The zero-order valence-electron chi connectivity index (χ0n) is 11.6. The second kappa shape index (κ2) is 7.38. The van der Waals surface area contributed by atoms with Crippen LogP contribution < -0.4 is 10.1 Å². The molecule has 0 spiro atoms.